The van der Waals surface area contributed by atoms with Crippen LogP contribution in [0.4, 0.5) is 0 Å². The van der Waals surface area contributed by atoms with Crippen molar-refractivity contribution >= 4 is 11.3 Å². The Kier molecular flexibility index (Phi) is 4.95. The van der Waals surface area contributed by atoms with Crippen molar-refractivity contribution in [2.75, 3.05) is 19.6 Å². The number of thiazole rings is 1. The van der Waals surface area contributed by atoms with Gasteiger partial charge in [0.2, 0.25) is 0 Å². The molecule has 2 rings (SSSR count). The Morgan fingerprint density at radius 3 is 3.12 bits per heavy atom. The Bertz CT molecular complexity index is 337. The molecule has 1 aliphatic heterocycles. The van der Waals surface area contributed by atoms with Gasteiger partial charge in [0.05, 0.1) is 5.69 Å². The lowest BCUT2D eigenvalue weighted by atomic mass is 10.1. The van der Waals surface area contributed by atoms with Gasteiger partial charge in [0.25, 0.3) is 0 Å². The third kappa shape index (κ3) is 3.76. The van der Waals surface area contributed by atoms with E-state index in [4.69, 9.17) is 0 Å². The molecule has 3 nitrogen and oxygen atoms in total. The Hall–Kier alpha value is -0.450. The van der Waals surface area contributed by atoms with Crippen LogP contribution in [0, 0.1) is 5.92 Å². The van der Waals surface area contributed by atoms with E-state index in [0.717, 1.165) is 25.6 Å². The van der Waals surface area contributed by atoms with Crippen molar-refractivity contribution in [2.24, 2.45) is 5.92 Å². The molecule has 0 aromatic carbocycles. The summed E-state index contributed by atoms with van der Waals surface area (Å²) in [7, 11) is 0. The third-order valence-corrected chi connectivity index (χ3v) is 4.36. The Balaban J connectivity index is 1.80. The first-order valence-electron chi connectivity index (χ1n) is 6.68. The Labute approximate surface area is 108 Å². The van der Waals surface area contributed by atoms with E-state index in [9.17, 15) is 0 Å². The first-order chi connectivity index (χ1) is 8.31. The maximum Gasteiger partial charge on any atom is 0.107 e. The minimum atomic E-state index is 0.912. The van der Waals surface area contributed by atoms with Gasteiger partial charge in [-0.15, -0.1) is 11.3 Å². The van der Waals surface area contributed by atoms with Gasteiger partial charge in [0.1, 0.15) is 5.01 Å². The molecular weight excluding hydrogens is 230 g/mol. The lowest BCUT2D eigenvalue weighted by Gasteiger charge is -2.13. The van der Waals surface area contributed by atoms with Crippen molar-refractivity contribution in [1.29, 1.82) is 0 Å². The first-order valence-corrected chi connectivity index (χ1v) is 7.56. The van der Waals surface area contributed by atoms with Crippen LogP contribution in [-0.2, 0) is 13.1 Å². The van der Waals surface area contributed by atoms with Crippen molar-refractivity contribution in [1.82, 2.24) is 15.2 Å². The summed E-state index contributed by atoms with van der Waals surface area (Å²) < 4.78 is 0. The van der Waals surface area contributed by atoms with Gasteiger partial charge in [-0.3, -0.25) is 4.90 Å². The van der Waals surface area contributed by atoms with Crippen molar-refractivity contribution in [3.63, 3.8) is 0 Å². The second-order valence-electron chi connectivity index (χ2n) is 4.81. The third-order valence-electron chi connectivity index (χ3n) is 3.46. The molecular formula is C13H23N3S. The molecule has 1 atom stereocenters. The number of hydrogen-bond donors (Lipinski definition) is 1. The van der Waals surface area contributed by atoms with E-state index < -0.39 is 0 Å². The zero-order valence-corrected chi connectivity index (χ0v) is 11.7. The second kappa shape index (κ2) is 6.47. The molecule has 0 spiro atoms. The Morgan fingerprint density at radius 1 is 1.53 bits per heavy atom. The topological polar surface area (TPSA) is 28.2 Å². The molecule has 0 aliphatic carbocycles. The van der Waals surface area contributed by atoms with Crippen LogP contribution in [0.1, 0.15) is 37.4 Å². The van der Waals surface area contributed by atoms with Crippen molar-refractivity contribution in [3.05, 3.63) is 16.1 Å². The van der Waals surface area contributed by atoms with Crippen molar-refractivity contribution < 1.29 is 0 Å². The largest absolute Gasteiger partial charge is 0.311 e. The van der Waals surface area contributed by atoms with E-state index in [2.05, 4.69) is 34.4 Å². The van der Waals surface area contributed by atoms with Gasteiger partial charge >= 0.3 is 0 Å². The van der Waals surface area contributed by atoms with Crippen LogP contribution in [0.5, 0.6) is 0 Å². The Morgan fingerprint density at radius 2 is 2.41 bits per heavy atom. The monoisotopic (exact) mass is 253 g/mol. The molecule has 1 unspecified atom stereocenters. The van der Waals surface area contributed by atoms with E-state index in [1.165, 1.54) is 36.6 Å². The summed E-state index contributed by atoms with van der Waals surface area (Å²) in [4.78, 5) is 7.22. The van der Waals surface area contributed by atoms with E-state index in [-0.39, 0.29) is 0 Å². The van der Waals surface area contributed by atoms with Gasteiger partial charge in [-0.1, -0.05) is 20.3 Å². The lowest BCUT2D eigenvalue weighted by Crippen LogP contribution is -2.20. The van der Waals surface area contributed by atoms with Gasteiger partial charge < -0.3 is 5.32 Å². The molecule has 0 bridgehead atoms. The summed E-state index contributed by atoms with van der Waals surface area (Å²) in [5.41, 5.74) is 1.25. The van der Waals surface area contributed by atoms with Crippen LogP contribution in [0.3, 0.4) is 0 Å². The number of hydrogen-bond acceptors (Lipinski definition) is 4. The summed E-state index contributed by atoms with van der Waals surface area (Å²) in [5.74, 6) is 0.912. The van der Waals surface area contributed by atoms with E-state index in [0.29, 0.717) is 0 Å². The molecule has 1 fully saturated rings. The smallest absolute Gasteiger partial charge is 0.107 e. The zero-order chi connectivity index (χ0) is 12.1. The summed E-state index contributed by atoms with van der Waals surface area (Å²) in [6.45, 7) is 9.90. The average molecular weight is 253 g/mol. The molecule has 1 saturated heterocycles. The fourth-order valence-electron chi connectivity index (χ4n) is 2.35. The van der Waals surface area contributed by atoms with Crippen molar-refractivity contribution in [2.45, 2.75) is 39.8 Å². The normalized spacial score (nSPS) is 21.2. The van der Waals surface area contributed by atoms with Crippen molar-refractivity contribution in [3.8, 4) is 0 Å². The highest BCUT2D eigenvalue weighted by Gasteiger charge is 2.21. The van der Waals surface area contributed by atoms with Gasteiger partial charge in [-0.05, 0) is 25.4 Å². The fraction of sp³-hybridized carbons (Fsp3) is 0.769. The minimum absolute atomic E-state index is 0.912. The summed E-state index contributed by atoms with van der Waals surface area (Å²) in [6.07, 6.45) is 2.68. The number of rotatable bonds is 6. The highest BCUT2D eigenvalue weighted by molar-refractivity contribution is 7.09. The summed E-state index contributed by atoms with van der Waals surface area (Å²) in [5, 5.41) is 6.75. The molecule has 0 saturated carbocycles. The first kappa shape index (κ1) is 13.0. The predicted octanol–water partition coefficient (Wildman–Crippen LogP) is 2.48. The lowest BCUT2D eigenvalue weighted by molar-refractivity contribution is 0.312. The molecule has 1 aliphatic rings. The van der Waals surface area contributed by atoms with Crippen LogP contribution in [-0.4, -0.2) is 29.5 Å². The molecule has 1 N–H and O–H groups in total. The molecule has 0 radical (unpaired) electrons. The molecule has 0 amide bonds. The van der Waals surface area contributed by atoms with Gasteiger partial charge in [-0.2, -0.15) is 0 Å². The zero-order valence-electron chi connectivity index (χ0n) is 10.9. The van der Waals surface area contributed by atoms with E-state index in [1.807, 2.05) is 0 Å². The number of aromatic nitrogens is 1. The molecule has 96 valence electrons. The predicted molar refractivity (Wildman–Crippen MR) is 73.2 cm³/mol. The second-order valence-corrected chi connectivity index (χ2v) is 5.75. The van der Waals surface area contributed by atoms with Crippen LogP contribution in [0.25, 0.3) is 0 Å². The number of nitrogens with zero attached hydrogens (tertiary/aromatic N) is 2. The highest BCUT2D eigenvalue weighted by atomic mass is 32.1. The van der Waals surface area contributed by atoms with Crippen LogP contribution in [0.2, 0.25) is 0 Å². The van der Waals surface area contributed by atoms with Crippen LogP contribution >= 0.6 is 11.3 Å². The SMILES string of the molecule is CCNCc1nc(CN2CCC(CC)C2)cs1. The molecule has 1 aromatic heterocycles. The average Bonchev–Trinajstić information content (AvgIpc) is 2.96. The standard InChI is InChI=1S/C13H23N3S/c1-3-11-5-6-16(8-11)9-12-10-17-13(15-12)7-14-4-2/h10-11,14H,3-9H2,1-2H3. The molecule has 4 heteroatoms. The van der Waals surface area contributed by atoms with Gasteiger partial charge in [0, 0.05) is 25.0 Å². The minimum Gasteiger partial charge on any atom is -0.311 e. The molecule has 2 heterocycles. The van der Waals surface area contributed by atoms with E-state index >= 15 is 0 Å². The number of nitrogens with one attached hydrogen (secondary N) is 1. The quantitative estimate of drug-likeness (QED) is 0.844. The fourth-order valence-corrected chi connectivity index (χ4v) is 3.11. The molecule has 17 heavy (non-hydrogen) atoms. The van der Waals surface area contributed by atoms with E-state index in [1.54, 1.807) is 11.3 Å². The van der Waals surface area contributed by atoms with Gasteiger partial charge in [-0.25, -0.2) is 4.98 Å². The number of likely N-dealkylation sites (tertiary alicyclic amines) is 1. The van der Waals surface area contributed by atoms with Crippen LogP contribution in [0.15, 0.2) is 5.38 Å². The maximum absolute atomic E-state index is 4.68. The molecule has 1 aromatic rings. The summed E-state index contributed by atoms with van der Waals surface area (Å²) >= 11 is 1.78. The maximum atomic E-state index is 4.68. The van der Waals surface area contributed by atoms with Gasteiger partial charge in [0.15, 0.2) is 0 Å². The summed E-state index contributed by atoms with van der Waals surface area (Å²) in [6, 6.07) is 0. The van der Waals surface area contributed by atoms with Crippen LogP contribution < -0.4 is 5.32 Å². The highest BCUT2D eigenvalue weighted by Crippen LogP contribution is 2.21.